The predicted octanol–water partition coefficient (Wildman–Crippen LogP) is 3.74. The molecule has 1 unspecified atom stereocenters. The number of carboxylic acid groups (broad SMARTS) is 1. The van der Waals surface area contributed by atoms with E-state index in [0.29, 0.717) is 0 Å². The molecular weight excluding hydrogens is 208 g/mol. The first-order valence-corrected chi connectivity index (χ1v) is 9.05. The van der Waals surface area contributed by atoms with E-state index in [-0.39, 0.29) is 6.10 Å². The highest BCUT2D eigenvalue weighted by Crippen LogP contribution is 2.21. The van der Waals surface area contributed by atoms with Crippen molar-refractivity contribution in [2.45, 2.75) is 52.1 Å². The van der Waals surface area contributed by atoms with Crippen LogP contribution in [0.1, 0.15) is 20.3 Å². The first kappa shape index (κ1) is 14.2. The average molecular weight is 230 g/mol. The van der Waals surface area contributed by atoms with Crippen molar-refractivity contribution in [2.24, 2.45) is 0 Å². The SMILES string of the molecule is CC/C=C(\C[Si](C)(C)C)C(C)OC(=O)O. The van der Waals surface area contributed by atoms with E-state index in [1.807, 2.05) is 0 Å². The van der Waals surface area contributed by atoms with Crippen LogP contribution in [0.5, 0.6) is 0 Å². The summed E-state index contributed by atoms with van der Waals surface area (Å²) in [6.07, 6.45) is 1.51. The van der Waals surface area contributed by atoms with Crippen LogP contribution in [0, 0.1) is 0 Å². The summed E-state index contributed by atoms with van der Waals surface area (Å²) in [5.74, 6) is 0. The van der Waals surface area contributed by atoms with Crippen LogP contribution in [0.3, 0.4) is 0 Å². The van der Waals surface area contributed by atoms with Gasteiger partial charge in [-0.1, -0.05) is 32.6 Å². The quantitative estimate of drug-likeness (QED) is 0.444. The summed E-state index contributed by atoms with van der Waals surface area (Å²) in [5, 5.41) is 8.56. The van der Waals surface area contributed by atoms with Gasteiger partial charge in [0.1, 0.15) is 6.10 Å². The van der Waals surface area contributed by atoms with Gasteiger partial charge >= 0.3 is 6.16 Å². The molecule has 1 atom stereocenters. The number of carbonyl (C=O) groups is 1. The maximum Gasteiger partial charge on any atom is 0.506 e. The van der Waals surface area contributed by atoms with Crippen molar-refractivity contribution in [3.63, 3.8) is 0 Å². The Morgan fingerprint density at radius 2 is 2.00 bits per heavy atom. The Bertz CT molecular complexity index is 241. The number of hydrogen-bond donors (Lipinski definition) is 1. The van der Waals surface area contributed by atoms with Gasteiger partial charge in [0, 0.05) is 8.07 Å². The molecule has 0 fully saturated rings. The molecule has 0 bridgehead atoms. The minimum atomic E-state index is -1.21. The molecule has 1 N–H and O–H groups in total. The minimum absolute atomic E-state index is 0.311. The zero-order valence-corrected chi connectivity index (χ0v) is 11.3. The van der Waals surface area contributed by atoms with Gasteiger partial charge in [-0.2, -0.15) is 0 Å². The van der Waals surface area contributed by atoms with Gasteiger partial charge in [-0.05, 0) is 25.0 Å². The first-order valence-electron chi connectivity index (χ1n) is 5.34. The standard InChI is InChI=1S/C11H22O3Si/c1-6-7-10(8-15(3,4)5)9(2)14-11(12)13/h7,9H,6,8H2,1-5H3,(H,12,13)/b10-7+. The van der Waals surface area contributed by atoms with Gasteiger partial charge in [0.25, 0.3) is 0 Å². The number of rotatable bonds is 5. The maximum absolute atomic E-state index is 10.4. The third-order valence-corrected chi connectivity index (χ3v) is 3.47. The molecule has 0 aliphatic carbocycles. The van der Waals surface area contributed by atoms with Crippen molar-refractivity contribution in [1.82, 2.24) is 0 Å². The number of ether oxygens (including phenoxy) is 1. The van der Waals surface area contributed by atoms with E-state index in [9.17, 15) is 4.79 Å². The van der Waals surface area contributed by atoms with Crippen LogP contribution in [0.15, 0.2) is 11.6 Å². The monoisotopic (exact) mass is 230 g/mol. The van der Waals surface area contributed by atoms with Crippen LogP contribution < -0.4 is 0 Å². The Hall–Kier alpha value is -0.773. The summed E-state index contributed by atoms with van der Waals surface area (Å²) in [5.41, 5.74) is 1.12. The van der Waals surface area contributed by atoms with E-state index in [2.05, 4.69) is 32.6 Å². The fourth-order valence-electron chi connectivity index (χ4n) is 1.48. The van der Waals surface area contributed by atoms with Crippen molar-refractivity contribution in [3.05, 3.63) is 11.6 Å². The van der Waals surface area contributed by atoms with E-state index >= 15 is 0 Å². The summed E-state index contributed by atoms with van der Waals surface area (Å²) < 4.78 is 4.78. The van der Waals surface area contributed by atoms with Crippen molar-refractivity contribution < 1.29 is 14.6 Å². The van der Waals surface area contributed by atoms with E-state index < -0.39 is 14.2 Å². The maximum atomic E-state index is 10.4. The van der Waals surface area contributed by atoms with Gasteiger partial charge < -0.3 is 9.84 Å². The Morgan fingerprint density at radius 1 is 1.47 bits per heavy atom. The molecule has 15 heavy (non-hydrogen) atoms. The lowest BCUT2D eigenvalue weighted by atomic mass is 10.1. The lowest BCUT2D eigenvalue weighted by Crippen LogP contribution is -2.25. The third-order valence-electron chi connectivity index (χ3n) is 2.00. The van der Waals surface area contributed by atoms with Crippen molar-refractivity contribution in [3.8, 4) is 0 Å². The smallest absolute Gasteiger partial charge is 0.450 e. The second-order valence-electron chi connectivity index (χ2n) is 4.95. The highest BCUT2D eigenvalue weighted by atomic mass is 28.3. The second-order valence-corrected chi connectivity index (χ2v) is 10.4. The van der Waals surface area contributed by atoms with Gasteiger partial charge in [0.15, 0.2) is 0 Å². The fraction of sp³-hybridized carbons (Fsp3) is 0.727. The molecule has 0 saturated carbocycles. The molecule has 0 aromatic rings. The molecule has 4 heteroatoms. The number of hydrogen-bond acceptors (Lipinski definition) is 2. The second kappa shape index (κ2) is 5.95. The van der Waals surface area contributed by atoms with Crippen molar-refractivity contribution in [1.29, 1.82) is 0 Å². The Labute approximate surface area is 93.1 Å². The molecule has 0 aliphatic rings. The van der Waals surface area contributed by atoms with E-state index in [1.54, 1.807) is 6.92 Å². The molecule has 88 valence electrons. The summed E-state index contributed by atoms with van der Waals surface area (Å²) in [6.45, 7) is 10.7. The molecule has 0 aromatic heterocycles. The Kier molecular flexibility index (Phi) is 5.65. The highest BCUT2D eigenvalue weighted by molar-refractivity contribution is 6.76. The van der Waals surface area contributed by atoms with Crippen LogP contribution in [0.25, 0.3) is 0 Å². The van der Waals surface area contributed by atoms with Crippen LogP contribution in [-0.2, 0) is 4.74 Å². The molecule has 0 saturated heterocycles. The van der Waals surface area contributed by atoms with Crippen LogP contribution in [0.4, 0.5) is 4.79 Å². The Morgan fingerprint density at radius 3 is 2.33 bits per heavy atom. The largest absolute Gasteiger partial charge is 0.506 e. The van der Waals surface area contributed by atoms with E-state index in [0.717, 1.165) is 18.0 Å². The minimum Gasteiger partial charge on any atom is -0.450 e. The predicted molar refractivity (Wildman–Crippen MR) is 65.1 cm³/mol. The molecule has 0 amide bonds. The molecule has 0 radical (unpaired) electrons. The lowest BCUT2D eigenvalue weighted by molar-refractivity contribution is 0.0713. The topological polar surface area (TPSA) is 46.5 Å². The normalized spacial score (nSPS) is 14.9. The third kappa shape index (κ3) is 7.19. The van der Waals surface area contributed by atoms with Crippen LogP contribution in [0.2, 0.25) is 25.7 Å². The molecule has 0 aliphatic heterocycles. The molecule has 0 heterocycles. The summed E-state index contributed by atoms with van der Waals surface area (Å²) >= 11 is 0. The highest BCUT2D eigenvalue weighted by Gasteiger charge is 2.20. The van der Waals surface area contributed by atoms with Crippen molar-refractivity contribution in [2.75, 3.05) is 0 Å². The lowest BCUT2D eigenvalue weighted by Gasteiger charge is -2.22. The van der Waals surface area contributed by atoms with Gasteiger partial charge in [-0.25, -0.2) is 4.79 Å². The molecular formula is C11H22O3Si. The Balaban J connectivity index is 4.53. The number of allylic oxidation sites excluding steroid dienone is 1. The average Bonchev–Trinajstić information content (AvgIpc) is 1.99. The first-order chi connectivity index (χ1) is 6.76. The van der Waals surface area contributed by atoms with Gasteiger partial charge in [0.05, 0.1) is 0 Å². The van der Waals surface area contributed by atoms with Gasteiger partial charge in [-0.3, -0.25) is 0 Å². The van der Waals surface area contributed by atoms with Gasteiger partial charge in [-0.15, -0.1) is 0 Å². The molecule has 3 nitrogen and oxygen atoms in total. The molecule has 0 spiro atoms. The summed E-state index contributed by atoms with van der Waals surface area (Å²) in [6, 6.07) is 0.995. The van der Waals surface area contributed by atoms with Crippen molar-refractivity contribution >= 4 is 14.2 Å². The molecule has 0 rings (SSSR count). The summed E-state index contributed by atoms with van der Waals surface area (Å²) in [7, 11) is -1.21. The van der Waals surface area contributed by atoms with E-state index in [1.165, 1.54) is 0 Å². The van der Waals surface area contributed by atoms with Crippen LogP contribution in [-0.4, -0.2) is 25.4 Å². The van der Waals surface area contributed by atoms with Gasteiger partial charge in [0.2, 0.25) is 0 Å². The van der Waals surface area contributed by atoms with E-state index in [4.69, 9.17) is 9.84 Å². The summed E-state index contributed by atoms with van der Waals surface area (Å²) in [4.78, 5) is 10.4. The zero-order valence-electron chi connectivity index (χ0n) is 10.3. The van der Waals surface area contributed by atoms with Crippen LogP contribution >= 0.6 is 0 Å². The fourth-order valence-corrected chi connectivity index (χ4v) is 3.14. The molecule has 0 aromatic carbocycles. The zero-order chi connectivity index (χ0) is 12.1.